The topological polar surface area (TPSA) is 87.0 Å². The summed E-state index contributed by atoms with van der Waals surface area (Å²) in [5.41, 5.74) is 0.362. The van der Waals surface area contributed by atoms with Crippen molar-refractivity contribution >= 4 is 5.97 Å². The van der Waals surface area contributed by atoms with E-state index in [9.17, 15) is 20.1 Å². The molecule has 1 heterocycles. The van der Waals surface area contributed by atoms with Crippen molar-refractivity contribution in [3.05, 3.63) is 23.3 Å². The molecule has 0 saturated carbocycles. The van der Waals surface area contributed by atoms with Gasteiger partial charge in [0.25, 0.3) is 0 Å². The molecule has 1 aromatic carbocycles. The maximum absolute atomic E-state index is 12.5. The zero-order valence-electron chi connectivity index (χ0n) is 17.2. The fraction of sp³-hybridized carbons (Fsp3) is 0.611. The van der Waals surface area contributed by atoms with Gasteiger partial charge < -0.3 is 20.1 Å². The Morgan fingerprint density at radius 2 is 1.91 bits per heavy atom. The number of carbonyl (C=O) groups is 1. The molecule has 0 aliphatic carbocycles. The van der Waals surface area contributed by atoms with Crippen molar-refractivity contribution in [2.75, 3.05) is 0 Å². The predicted molar refractivity (Wildman–Crippen MR) is 86.7 cm³/mol. The van der Waals surface area contributed by atoms with E-state index in [1.165, 1.54) is 6.07 Å². The van der Waals surface area contributed by atoms with Crippen LogP contribution in [0.4, 0.5) is 0 Å². The fourth-order valence-electron chi connectivity index (χ4n) is 2.58. The maximum Gasteiger partial charge on any atom is 0.342 e. The number of benzene rings is 1. The fourth-order valence-corrected chi connectivity index (χ4v) is 2.58. The molecule has 0 saturated heterocycles. The number of rotatable bonds is 0. The zero-order valence-corrected chi connectivity index (χ0v) is 13.2. The van der Waals surface area contributed by atoms with Crippen LogP contribution in [-0.2, 0) is 11.2 Å². The number of ether oxygens (including phenoxy) is 1. The lowest BCUT2D eigenvalue weighted by molar-refractivity contribution is 0.0305. The van der Waals surface area contributed by atoms with Gasteiger partial charge in [-0.1, -0.05) is 12.8 Å². The maximum atomic E-state index is 12.5. The van der Waals surface area contributed by atoms with Gasteiger partial charge in [0.2, 0.25) is 0 Å². The summed E-state index contributed by atoms with van der Waals surface area (Å²) >= 11 is 0. The summed E-state index contributed by atoms with van der Waals surface area (Å²) in [4.78, 5) is 12.5. The number of aromatic hydroxyl groups is 2. The van der Waals surface area contributed by atoms with Crippen LogP contribution >= 0.6 is 0 Å². The highest BCUT2D eigenvalue weighted by Crippen LogP contribution is 2.30. The molecule has 0 spiro atoms. The molecule has 0 radical (unpaired) electrons. The second kappa shape index (κ2) is 8.20. The van der Waals surface area contributed by atoms with Gasteiger partial charge >= 0.3 is 5.97 Å². The number of phenols is 2. The van der Waals surface area contributed by atoms with Crippen LogP contribution in [0, 0.1) is 0 Å². The average Bonchev–Trinajstić information content (AvgIpc) is 2.55. The van der Waals surface area contributed by atoms with Crippen molar-refractivity contribution in [1.82, 2.24) is 0 Å². The minimum atomic E-state index is -2.17. The van der Waals surface area contributed by atoms with Gasteiger partial charge in [-0.2, -0.15) is 0 Å². The Labute approximate surface area is 142 Å². The average molecular weight is 326 g/mol. The Balaban J connectivity index is 2.34. The van der Waals surface area contributed by atoms with Crippen molar-refractivity contribution in [1.29, 1.82) is 0 Å². The number of aryl methyl sites for hydroxylation is 1. The third-order valence-electron chi connectivity index (χ3n) is 3.80. The van der Waals surface area contributed by atoms with Crippen molar-refractivity contribution in [2.24, 2.45) is 0 Å². The molecular weight excluding hydrogens is 296 g/mol. The van der Waals surface area contributed by atoms with E-state index >= 15 is 0 Å². The number of hydrogen-bond donors (Lipinski definition) is 3. The van der Waals surface area contributed by atoms with E-state index < -0.39 is 36.7 Å². The first kappa shape index (κ1) is 12.6. The van der Waals surface area contributed by atoms with Crippen molar-refractivity contribution < 1.29 is 30.3 Å². The number of hydrogen-bond acceptors (Lipinski definition) is 5. The molecule has 0 aromatic heterocycles. The molecule has 2 atom stereocenters. The lowest BCUT2D eigenvalue weighted by Gasteiger charge is -2.18. The molecule has 3 N–H and O–H groups in total. The number of phenolic OH excluding ortho intramolecular Hbond substituents is 2. The molecule has 0 bridgehead atoms. The minimum absolute atomic E-state index is 0.0391. The molecule has 23 heavy (non-hydrogen) atoms. The van der Waals surface area contributed by atoms with Crippen molar-refractivity contribution in [2.45, 2.75) is 70.4 Å². The van der Waals surface area contributed by atoms with Crippen LogP contribution in [0.1, 0.15) is 73.2 Å². The van der Waals surface area contributed by atoms with Crippen LogP contribution in [-0.4, -0.2) is 33.5 Å². The van der Waals surface area contributed by atoms with Crippen LogP contribution < -0.4 is 0 Å². The number of aliphatic hydroxyl groups is 1. The van der Waals surface area contributed by atoms with E-state index in [1.807, 2.05) is 0 Å². The summed E-state index contributed by atoms with van der Waals surface area (Å²) in [5, 5.41) is 30.0. The quantitative estimate of drug-likeness (QED) is 0.637. The van der Waals surface area contributed by atoms with Crippen LogP contribution in [0.3, 0.4) is 0 Å². The molecule has 1 aromatic rings. The van der Waals surface area contributed by atoms with Gasteiger partial charge in [0.15, 0.2) is 0 Å². The van der Waals surface area contributed by atoms with Gasteiger partial charge in [0.05, 0.1) is 12.2 Å². The number of fused-ring (bicyclic) bond motifs is 1. The molecule has 2 rings (SSSR count). The van der Waals surface area contributed by atoms with Gasteiger partial charge in [0.1, 0.15) is 17.1 Å². The molecule has 0 unspecified atom stereocenters. The van der Waals surface area contributed by atoms with Gasteiger partial charge in [0, 0.05) is 11.5 Å². The van der Waals surface area contributed by atoms with Gasteiger partial charge in [-0.25, -0.2) is 4.79 Å². The normalized spacial score (nSPS) is 31.3. The lowest BCUT2D eigenvalue weighted by atomic mass is 9.97. The second-order valence-electron chi connectivity index (χ2n) is 5.77. The zero-order chi connectivity index (χ0) is 20.4. The van der Waals surface area contributed by atoms with Crippen LogP contribution in [0.5, 0.6) is 11.5 Å². The molecule has 1 aliphatic heterocycles. The predicted octanol–water partition coefficient (Wildman–Crippen LogP) is 3.29. The highest BCUT2D eigenvalue weighted by Gasteiger charge is 2.21. The molecular formula is C18H26O5. The van der Waals surface area contributed by atoms with E-state index in [2.05, 4.69) is 0 Å². The SMILES string of the molecule is [2H]C1([2H])CCCCc2cc(O)cc(O)c2C(=O)O[C@@H](C)CCC([2H])([2H])[C@@H]1O. The van der Waals surface area contributed by atoms with Crippen molar-refractivity contribution in [3.8, 4) is 11.5 Å². The number of aliphatic hydroxyl groups excluding tert-OH is 1. The standard InChI is InChI=1S/C18H26O5/c1-12-6-5-9-14(19)8-4-2-3-7-13-10-15(20)11-16(21)17(13)18(22)23-12/h10-12,14,19-21H,2-9H2,1H3/t12-,14+/m0/s1/i8D2,9D2. The largest absolute Gasteiger partial charge is 0.508 e. The minimum Gasteiger partial charge on any atom is -0.508 e. The first-order valence-electron chi connectivity index (χ1n) is 9.88. The molecule has 128 valence electrons. The number of carbonyl (C=O) groups excluding carboxylic acids is 1. The van der Waals surface area contributed by atoms with E-state index in [1.54, 1.807) is 6.92 Å². The monoisotopic (exact) mass is 326 g/mol. The van der Waals surface area contributed by atoms with E-state index in [4.69, 9.17) is 10.2 Å². The van der Waals surface area contributed by atoms with Crippen LogP contribution in [0.15, 0.2) is 12.1 Å². The first-order chi connectivity index (χ1) is 12.4. The van der Waals surface area contributed by atoms with Crippen LogP contribution in [0.25, 0.3) is 0 Å². The Morgan fingerprint density at radius 1 is 1.17 bits per heavy atom. The smallest absolute Gasteiger partial charge is 0.342 e. The second-order valence-corrected chi connectivity index (χ2v) is 5.77. The summed E-state index contributed by atoms with van der Waals surface area (Å²) in [6.45, 7) is 1.57. The summed E-state index contributed by atoms with van der Waals surface area (Å²) in [6.07, 6.45) is -5.86. The Morgan fingerprint density at radius 3 is 2.70 bits per heavy atom. The summed E-state index contributed by atoms with van der Waals surface area (Å²) in [7, 11) is 0. The Kier molecular flexibility index (Phi) is 4.51. The first-order valence-corrected chi connectivity index (χ1v) is 7.88. The highest BCUT2D eigenvalue weighted by molar-refractivity contribution is 5.94. The third kappa shape index (κ3) is 5.13. The third-order valence-corrected chi connectivity index (χ3v) is 3.80. The number of esters is 1. The van der Waals surface area contributed by atoms with Gasteiger partial charge in [-0.15, -0.1) is 0 Å². The summed E-state index contributed by atoms with van der Waals surface area (Å²) < 4.78 is 37.4. The van der Waals surface area contributed by atoms with Crippen molar-refractivity contribution in [3.63, 3.8) is 0 Å². The molecule has 0 fully saturated rings. The van der Waals surface area contributed by atoms with E-state index in [0.717, 1.165) is 6.07 Å². The Bertz CT molecular complexity index is 693. The molecule has 1 aliphatic rings. The molecule has 5 nitrogen and oxygen atoms in total. The molecule has 0 amide bonds. The molecule has 5 heteroatoms. The van der Waals surface area contributed by atoms with Crippen LogP contribution in [0.2, 0.25) is 0 Å². The Hall–Kier alpha value is -1.75. The lowest BCUT2D eigenvalue weighted by Crippen LogP contribution is -2.18. The summed E-state index contributed by atoms with van der Waals surface area (Å²) in [5.74, 6) is -1.34. The van der Waals surface area contributed by atoms with Gasteiger partial charge in [-0.05, 0) is 57.0 Å². The summed E-state index contributed by atoms with van der Waals surface area (Å²) in [6, 6.07) is 2.43. The van der Waals surface area contributed by atoms with Gasteiger partial charge in [-0.3, -0.25) is 0 Å². The number of cyclic esters (lactones) is 1. The van der Waals surface area contributed by atoms with E-state index in [-0.39, 0.29) is 30.6 Å². The highest BCUT2D eigenvalue weighted by atomic mass is 16.5. The van der Waals surface area contributed by atoms with E-state index in [0.29, 0.717) is 24.8 Å².